The van der Waals surface area contributed by atoms with Gasteiger partial charge in [-0.3, -0.25) is 4.79 Å². The fraction of sp³-hybridized carbons (Fsp3) is 0.0476. The number of furan rings is 1. The van der Waals surface area contributed by atoms with Gasteiger partial charge in [-0.1, -0.05) is 59.9 Å². The van der Waals surface area contributed by atoms with Gasteiger partial charge in [-0.2, -0.15) is 5.10 Å². The molecule has 1 N–H and O–H groups in total. The van der Waals surface area contributed by atoms with Gasteiger partial charge in [-0.25, -0.2) is 5.43 Å². The summed E-state index contributed by atoms with van der Waals surface area (Å²) in [4.78, 5) is 14.4. The van der Waals surface area contributed by atoms with Gasteiger partial charge in [0.05, 0.1) is 10.5 Å². The number of thioether (sulfide) groups is 2. The minimum atomic E-state index is -0.295. The van der Waals surface area contributed by atoms with Gasteiger partial charge < -0.3 is 4.42 Å². The molecule has 4 nitrogen and oxygen atoms in total. The Kier molecular flexibility index (Phi) is 6.96. The lowest BCUT2D eigenvalue weighted by molar-refractivity contribution is -0.116. The van der Waals surface area contributed by atoms with Crippen LogP contribution in [0.3, 0.4) is 0 Å². The van der Waals surface area contributed by atoms with Crippen LogP contribution in [0.1, 0.15) is 11.5 Å². The third-order valence-corrected chi connectivity index (χ3v) is 5.45. The largest absolute Gasteiger partial charge is 0.460 e. The second-order valence-corrected chi connectivity index (χ2v) is 7.97. The smallest absolute Gasteiger partial charge is 0.265 e. The van der Waals surface area contributed by atoms with Gasteiger partial charge in [-0.15, -0.1) is 0 Å². The normalized spacial score (nSPS) is 10.7. The molecule has 3 rings (SSSR count). The Labute approximate surface area is 166 Å². The molecule has 0 fully saturated rings. The Morgan fingerprint density at radius 1 is 0.926 bits per heavy atom. The van der Waals surface area contributed by atoms with Crippen molar-refractivity contribution in [1.82, 2.24) is 5.43 Å². The maximum Gasteiger partial charge on any atom is 0.265 e. The van der Waals surface area contributed by atoms with Crippen molar-refractivity contribution in [3.63, 3.8) is 0 Å². The summed E-state index contributed by atoms with van der Waals surface area (Å²) in [7, 11) is 0. The van der Waals surface area contributed by atoms with E-state index in [1.165, 1.54) is 29.7 Å². The topological polar surface area (TPSA) is 54.6 Å². The van der Waals surface area contributed by atoms with Crippen molar-refractivity contribution < 1.29 is 9.21 Å². The van der Waals surface area contributed by atoms with Crippen LogP contribution in [0.5, 0.6) is 0 Å². The summed E-state index contributed by atoms with van der Waals surface area (Å²) in [5, 5.41) is 3.94. The number of hydrazone groups is 1. The SMILES string of the molecule is Cc1ccc(/C=N/NC(=O)C=C(Sc2ccccc2)Sc2ccccc2)o1. The van der Waals surface area contributed by atoms with E-state index in [0.29, 0.717) is 5.76 Å². The van der Waals surface area contributed by atoms with Gasteiger partial charge in [0.1, 0.15) is 11.5 Å². The van der Waals surface area contributed by atoms with Crippen molar-refractivity contribution in [3.8, 4) is 0 Å². The van der Waals surface area contributed by atoms with Gasteiger partial charge in [0.2, 0.25) is 0 Å². The third kappa shape index (κ3) is 6.51. The fourth-order valence-corrected chi connectivity index (χ4v) is 4.24. The number of benzene rings is 2. The van der Waals surface area contributed by atoms with Crippen molar-refractivity contribution in [1.29, 1.82) is 0 Å². The lowest BCUT2D eigenvalue weighted by Crippen LogP contribution is -2.14. The van der Waals surface area contributed by atoms with E-state index < -0.39 is 0 Å². The second-order valence-electron chi connectivity index (χ2n) is 5.48. The summed E-state index contributed by atoms with van der Waals surface area (Å²) in [6, 6.07) is 23.5. The van der Waals surface area contributed by atoms with E-state index in [-0.39, 0.29) is 5.91 Å². The Hall–Kier alpha value is -2.70. The number of carbonyl (C=O) groups is 1. The highest BCUT2D eigenvalue weighted by Crippen LogP contribution is 2.38. The molecule has 0 bridgehead atoms. The van der Waals surface area contributed by atoms with E-state index in [9.17, 15) is 4.79 Å². The number of hydrogen-bond acceptors (Lipinski definition) is 5. The molecular weight excluding hydrogens is 376 g/mol. The Bertz CT molecular complexity index is 892. The van der Waals surface area contributed by atoms with Crippen molar-refractivity contribution in [2.45, 2.75) is 16.7 Å². The zero-order valence-corrected chi connectivity index (χ0v) is 16.3. The number of nitrogens with zero attached hydrogens (tertiary/aromatic N) is 1. The number of amides is 1. The van der Waals surface area contributed by atoms with Crippen molar-refractivity contribution in [3.05, 3.63) is 94.6 Å². The van der Waals surface area contributed by atoms with Crippen molar-refractivity contribution >= 4 is 35.6 Å². The van der Waals surface area contributed by atoms with Gasteiger partial charge in [0.15, 0.2) is 0 Å². The van der Waals surface area contributed by atoms with Gasteiger partial charge >= 0.3 is 0 Å². The summed E-state index contributed by atoms with van der Waals surface area (Å²) >= 11 is 3.08. The molecule has 0 aliphatic carbocycles. The molecule has 136 valence electrons. The van der Waals surface area contributed by atoms with Gasteiger partial charge in [0, 0.05) is 15.9 Å². The van der Waals surface area contributed by atoms with Crippen LogP contribution in [-0.4, -0.2) is 12.1 Å². The molecular formula is C21H18N2O2S2. The van der Waals surface area contributed by atoms with Crippen LogP contribution in [0.4, 0.5) is 0 Å². The number of aryl methyl sites for hydroxylation is 1. The second kappa shape index (κ2) is 9.85. The van der Waals surface area contributed by atoms with Crippen molar-refractivity contribution in [2.24, 2.45) is 5.10 Å². The first-order valence-corrected chi connectivity index (χ1v) is 9.89. The summed E-state index contributed by atoms with van der Waals surface area (Å²) in [6.45, 7) is 1.85. The summed E-state index contributed by atoms with van der Waals surface area (Å²) in [5.41, 5.74) is 2.51. The lowest BCUT2D eigenvalue weighted by atomic mass is 10.4. The van der Waals surface area contributed by atoms with Gasteiger partial charge in [-0.05, 0) is 43.3 Å². The highest BCUT2D eigenvalue weighted by atomic mass is 32.2. The molecule has 0 aliphatic heterocycles. The molecule has 0 spiro atoms. The summed E-state index contributed by atoms with van der Waals surface area (Å²) in [5.74, 6) is 1.09. The molecule has 1 amide bonds. The highest BCUT2D eigenvalue weighted by Gasteiger charge is 2.07. The first-order valence-electron chi connectivity index (χ1n) is 8.26. The molecule has 0 atom stereocenters. The molecule has 0 radical (unpaired) electrons. The molecule has 3 aromatic rings. The maximum atomic E-state index is 12.3. The number of hydrogen-bond donors (Lipinski definition) is 1. The van der Waals surface area contributed by atoms with E-state index in [2.05, 4.69) is 10.5 Å². The van der Waals surface area contributed by atoms with Crippen LogP contribution in [0.2, 0.25) is 0 Å². The Balaban J connectivity index is 1.69. The number of carbonyl (C=O) groups excluding carboxylic acids is 1. The minimum absolute atomic E-state index is 0.295. The molecule has 27 heavy (non-hydrogen) atoms. The number of rotatable bonds is 7. The third-order valence-electron chi connectivity index (χ3n) is 3.30. The minimum Gasteiger partial charge on any atom is -0.460 e. The van der Waals surface area contributed by atoms with Crippen LogP contribution >= 0.6 is 23.5 Å². The van der Waals surface area contributed by atoms with E-state index in [4.69, 9.17) is 4.42 Å². The van der Waals surface area contributed by atoms with Crippen LogP contribution < -0.4 is 5.43 Å². The molecule has 0 saturated carbocycles. The number of nitrogens with one attached hydrogen (secondary N) is 1. The quantitative estimate of drug-likeness (QED) is 0.250. The maximum absolute atomic E-state index is 12.3. The van der Waals surface area contributed by atoms with Crippen LogP contribution in [0.25, 0.3) is 0 Å². The summed E-state index contributed by atoms with van der Waals surface area (Å²) < 4.78 is 6.24. The molecule has 0 saturated heterocycles. The van der Waals surface area contributed by atoms with Crippen molar-refractivity contribution in [2.75, 3.05) is 0 Å². The monoisotopic (exact) mass is 394 g/mol. The Morgan fingerprint density at radius 3 is 2.04 bits per heavy atom. The van der Waals surface area contributed by atoms with E-state index in [0.717, 1.165) is 19.8 Å². The zero-order chi connectivity index (χ0) is 18.9. The molecule has 0 aliphatic rings. The predicted octanol–water partition coefficient (Wildman–Crippen LogP) is 5.46. The fourth-order valence-electron chi connectivity index (χ4n) is 2.11. The van der Waals surface area contributed by atoms with Crippen LogP contribution in [-0.2, 0) is 4.79 Å². The first-order chi connectivity index (χ1) is 13.2. The average Bonchev–Trinajstić information content (AvgIpc) is 3.08. The standard InChI is InChI=1S/C21H18N2O2S2/c1-16-12-13-17(25-16)15-22-23-20(24)14-21(26-18-8-4-2-5-9-18)27-19-10-6-3-7-11-19/h2-15H,1H3,(H,23,24)/b22-15+. The zero-order valence-electron chi connectivity index (χ0n) is 14.7. The van der Waals surface area contributed by atoms with E-state index in [1.54, 1.807) is 12.1 Å². The molecule has 2 aromatic carbocycles. The van der Waals surface area contributed by atoms with Crippen LogP contribution in [0.15, 0.2) is 102 Å². The average molecular weight is 395 g/mol. The van der Waals surface area contributed by atoms with E-state index in [1.807, 2.05) is 73.7 Å². The first kappa shape index (κ1) is 19.1. The predicted molar refractivity (Wildman–Crippen MR) is 112 cm³/mol. The molecule has 0 unspecified atom stereocenters. The molecule has 6 heteroatoms. The van der Waals surface area contributed by atoms with Crippen LogP contribution in [0, 0.1) is 6.92 Å². The highest BCUT2D eigenvalue weighted by molar-refractivity contribution is 8.22. The van der Waals surface area contributed by atoms with Gasteiger partial charge in [0.25, 0.3) is 5.91 Å². The molecule has 1 aromatic heterocycles. The van der Waals surface area contributed by atoms with E-state index >= 15 is 0 Å². The summed E-state index contributed by atoms with van der Waals surface area (Å²) in [6.07, 6.45) is 3.03. The Morgan fingerprint density at radius 2 is 1.52 bits per heavy atom. The lowest BCUT2D eigenvalue weighted by Gasteiger charge is -2.07. The molecule has 1 heterocycles.